The average Bonchev–Trinajstić information content (AvgIpc) is 2.39. The molecule has 0 saturated heterocycles. The molecule has 100 valence electrons. The van der Waals surface area contributed by atoms with E-state index in [0.717, 1.165) is 24.3 Å². The van der Waals surface area contributed by atoms with Crippen LogP contribution in [0.15, 0.2) is 24.3 Å². The lowest BCUT2D eigenvalue weighted by Crippen LogP contribution is -2.31. The van der Waals surface area contributed by atoms with Gasteiger partial charge in [-0.3, -0.25) is 0 Å². The zero-order valence-electron chi connectivity index (χ0n) is 11.8. The van der Waals surface area contributed by atoms with Crippen molar-refractivity contribution < 1.29 is 5.11 Å². The van der Waals surface area contributed by atoms with Gasteiger partial charge in [0, 0.05) is 0 Å². The highest BCUT2D eigenvalue weighted by molar-refractivity contribution is 5.26. The SMILES string of the molecule is CCCC[C@H]1CC[C@](O)(c2ccc(C)cc2)CC1. The maximum absolute atomic E-state index is 10.8. The lowest BCUT2D eigenvalue weighted by molar-refractivity contribution is -0.0153. The zero-order chi connectivity index (χ0) is 13.0. The van der Waals surface area contributed by atoms with E-state index in [1.807, 2.05) is 0 Å². The Morgan fingerprint density at radius 3 is 2.33 bits per heavy atom. The molecule has 2 rings (SSSR count). The normalized spacial score (nSPS) is 28.3. The van der Waals surface area contributed by atoms with Crippen molar-refractivity contribution in [2.45, 2.75) is 64.4 Å². The monoisotopic (exact) mass is 246 g/mol. The molecule has 18 heavy (non-hydrogen) atoms. The van der Waals surface area contributed by atoms with Gasteiger partial charge in [-0.2, -0.15) is 0 Å². The van der Waals surface area contributed by atoms with E-state index in [-0.39, 0.29) is 0 Å². The molecule has 0 aliphatic heterocycles. The summed E-state index contributed by atoms with van der Waals surface area (Å²) in [5.74, 6) is 0.843. The number of benzene rings is 1. The van der Waals surface area contributed by atoms with Gasteiger partial charge in [-0.05, 0) is 44.1 Å². The second-order valence-electron chi connectivity index (χ2n) is 5.98. The fraction of sp³-hybridized carbons (Fsp3) is 0.647. The first-order valence-corrected chi connectivity index (χ1v) is 7.43. The van der Waals surface area contributed by atoms with Crippen molar-refractivity contribution >= 4 is 0 Å². The Labute approximate surface area is 111 Å². The largest absolute Gasteiger partial charge is 0.385 e. The molecule has 0 unspecified atom stereocenters. The summed E-state index contributed by atoms with van der Waals surface area (Å²) < 4.78 is 0. The summed E-state index contributed by atoms with van der Waals surface area (Å²) in [6.07, 6.45) is 8.22. The van der Waals surface area contributed by atoms with Crippen LogP contribution in [0.1, 0.15) is 63.0 Å². The molecule has 0 bridgehead atoms. The number of aliphatic hydroxyl groups is 1. The van der Waals surface area contributed by atoms with E-state index in [9.17, 15) is 5.11 Å². The van der Waals surface area contributed by atoms with Gasteiger partial charge in [0.05, 0.1) is 5.60 Å². The van der Waals surface area contributed by atoms with Crippen LogP contribution in [-0.2, 0) is 5.60 Å². The highest BCUT2D eigenvalue weighted by Crippen LogP contribution is 2.40. The van der Waals surface area contributed by atoms with Crippen molar-refractivity contribution in [1.82, 2.24) is 0 Å². The molecular formula is C17H26O. The molecule has 1 nitrogen and oxygen atoms in total. The number of unbranched alkanes of at least 4 members (excludes halogenated alkanes) is 1. The molecule has 1 aliphatic carbocycles. The van der Waals surface area contributed by atoms with Gasteiger partial charge in [0.1, 0.15) is 0 Å². The Morgan fingerprint density at radius 1 is 1.17 bits per heavy atom. The first-order chi connectivity index (χ1) is 8.64. The average molecular weight is 246 g/mol. The maximum atomic E-state index is 10.8. The predicted octanol–water partition coefficient (Wildman–Crippen LogP) is 4.56. The number of hydrogen-bond acceptors (Lipinski definition) is 1. The summed E-state index contributed by atoms with van der Waals surface area (Å²) in [6, 6.07) is 8.41. The first kappa shape index (κ1) is 13.6. The molecule has 0 amide bonds. The smallest absolute Gasteiger partial charge is 0.0896 e. The van der Waals surface area contributed by atoms with Crippen molar-refractivity contribution in [3.63, 3.8) is 0 Å². The molecule has 1 saturated carbocycles. The van der Waals surface area contributed by atoms with Crippen molar-refractivity contribution in [3.8, 4) is 0 Å². The summed E-state index contributed by atoms with van der Waals surface area (Å²) in [7, 11) is 0. The van der Waals surface area contributed by atoms with Crippen LogP contribution < -0.4 is 0 Å². The minimum Gasteiger partial charge on any atom is -0.385 e. The van der Waals surface area contributed by atoms with Gasteiger partial charge in [-0.15, -0.1) is 0 Å². The first-order valence-electron chi connectivity index (χ1n) is 7.43. The Kier molecular flexibility index (Phi) is 4.45. The van der Waals surface area contributed by atoms with Gasteiger partial charge in [-0.25, -0.2) is 0 Å². The second-order valence-corrected chi connectivity index (χ2v) is 5.98. The molecule has 0 atom stereocenters. The molecule has 1 aromatic rings. The summed E-state index contributed by atoms with van der Waals surface area (Å²) >= 11 is 0. The third-order valence-electron chi connectivity index (χ3n) is 4.49. The van der Waals surface area contributed by atoms with E-state index >= 15 is 0 Å². The predicted molar refractivity (Wildman–Crippen MR) is 76.6 cm³/mol. The van der Waals surface area contributed by atoms with E-state index in [4.69, 9.17) is 0 Å². The number of rotatable bonds is 4. The standard InChI is InChI=1S/C17H26O/c1-3-4-5-15-10-12-17(18,13-11-15)16-8-6-14(2)7-9-16/h6-9,15,18H,3-5,10-13H2,1-2H3/t15-,17+. The van der Waals surface area contributed by atoms with Crippen LogP contribution in [0.4, 0.5) is 0 Å². The van der Waals surface area contributed by atoms with E-state index in [1.165, 1.54) is 37.7 Å². The summed E-state index contributed by atoms with van der Waals surface area (Å²) in [5, 5.41) is 10.8. The molecule has 1 aliphatic rings. The number of hydrogen-bond donors (Lipinski definition) is 1. The van der Waals surface area contributed by atoms with Crippen molar-refractivity contribution in [2.24, 2.45) is 5.92 Å². The van der Waals surface area contributed by atoms with Crippen LogP contribution in [0.5, 0.6) is 0 Å². The van der Waals surface area contributed by atoms with E-state index in [0.29, 0.717) is 0 Å². The molecular weight excluding hydrogens is 220 g/mol. The quantitative estimate of drug-likeness (QED) is 0.825. The molecule has 1 aromatic carbocycles. The van der Waals surface area contributed by atoms with Crippen LogP contribution in [-0.4, -0.2) is 5.11 Å². The molecule has 0 heterocycles. The minimum atomic E-state index is -0.559. The second kappa shape index (κ2) is 5.88. The molecule has 1 heteroatoms. The van der Waals surface area contributed by atoms with Crippen LogP contribution in [0.2, 0.25) is 0 Å². The Morgan fingerprint density at radius 2 is 1.78 bits per heavy atom. The molecule has 0 spiro atoms. The van der Waals surface area contributed by atoms with Gasteiger partial charge < -0.3 is 5.11 Å². The van der Waals surface area contributed by atoms with Gasteiger partial charge in [0.25, 0.3) is 0 Å². The highest BCUT2D eigenvalue weighted by atomic mass is 16.3. The Hall–Kier alpha value is -0.820. The molecule has 0 aromatic heterocycles. The molecule has 1 fully saturated rings. The third-order valence-corrected chi connectivity index (χ3v) is 4.49. The van der Waals surface area contributed by atoms with Crippen molar-refractivity contribution in [2.75, 3.05) is 0 Å². The van der Waals surface area contributed by atoms with Gasteiger partial charge in [-0.1, -0.05) is 56.0 Å². The molecule has 0 radical (unpaired) electrons. The fourth-order valence-electron chi connectivity index (χ4n) is 3.09. The topological polar surface area (TPSA) is 20.2 Å². The summed E-state index contributed by atoms with van der Waals surface area (Å²) in [4.78, 5) is 0. The van der Waals surface area contributed by atoms with Gasteiger partial charge in [0.15, 0.2) is 0 Å². The lowest BCUT2D eigenvalue weighted by Gasteiger charge is -2.36. The number of aryl methyl sites for hydroxylation is 1. The Balaban J connectivity index is 1.96. The Bertz CT molecular complexity index is 358. The maximum Gasteiger partial charge on any atom is 0.0896 e. The van der Waals surface area contributed by atoms with Gasteiger partial charge in [0.2, 0.25) is 0 Å². The van der Waals surface area contributed by atoms with Crippen LogP contribution in [0.3, 0.4) is 0 Å². The van der Waals surface area contributed by atoms with Crippen molar-refractivity contribution in [3.05, 3.63) is 35.4 Å². The molecule has 1 N–H and O–H groups in total. The lowest BCUT2D eigenvalue weighted by atomic mass is 9.74. The fourth-order valence-corrected chi connectivity index (χ4v) is 3.09. The zero-order valence-corrected chi connectivity index (χ0v) is 11.8. The summed E-state index contributed by atoms with van der Waals surface area (Å²) in [6.45, 7) is 4.35. The van der Waals surface area contributed by atoms with Crippen LogP contribution >= 0.6 is 0 Å². The van der Waals surface area contributed by atoms with E-state index in [1.54, 1.807) is 0 Å². The highest BCUT2D eigenvalue weighted by Gasteiger charge is 2.34. The van der Waals surface area contributed by atoms with Crippen LogP contribution in [0, 0.1) is 12.8 Å². The third kappa shape index (κ3) is 3.14. The van der Waals surface area contributed by atoms with Gasteiger partial charge >= 0.3 is 0 Å². The van der Waals surface area contributed by atoms with E-state index in [2.05, 4.69) is 38.1 Å². The summed E-state index contributed by atoms with van der Waals surface area (Å²) in [5.41, 5.74) is 1.82. The van der Waals surface area contributed by atoms with Crippen molar-refractivity contribution in [1.29, 1.82) is 0 Å². The minimum absolute atomic E-state index is 0.559. The van der Waals surface area contributed by atoms with E-state index < -0.39 is 5.60 Å². The van der Waals surface area contributed by atoms with Crippen LogP contribution in [0.25, 0.3) is 0 Å².